The molecule has 1 rings (SSSR count). The molecule has 0 aliphatic carbocycles. The monoisotopic (exact) mass is 170 g/mol. The van der Waals surface area contributed by atoms with Gasteiger partial charge in [0.2, 0.25) is 0 Å². The molecule has 11 heavy (non-hydrogen) atoms. The van der Waals surface area contributed by atoms with Crippen LogP contribution in [0.4, 0.5) is 5.82 Å². The number of hydrazine groups is 1. The van der Waals surface area contributed by atoms with E-state index in [9.17, 15) is 0 Å². The van der Waals surface area contributed by atoms with Crippen LogP contribution in [0.5, 0.6) is 0 Å². The number of nitrogens with one attached hydrogen (secondary N) is 1. The van der Waals surface area contributed by atoms with E-state index in [0.717, 1.165) is 11.4 Å². The third-order valence-electron chi connectivity index (χ3n) is 1.15. The van der Waals surface area contributed by atoms with E-state index in [2.05, 4.69) is 15.4 Å². The summed E-state index contributed by atoms with van der Waals surface area (Å²) in [6.45, 7) is 0. The van der Waals surface area contributed by atoms with E-state index in [1.54, 1.807) is 24.2 Å². The second-order valence-corrected chi connectivity index (χ2v) is 2.84. The van der Waals surface area contributed by atoms with Crippen molar-refractivity contribution in [1.29, 1.82) is 0 Å². The molecule has 0 bridgehead atoms. The lowest BCUT2D eigenvalue weighted by atomic mass is 10.5. The number of rotatable bonds is 3. The van der Waals surface area contributed by atoms with E-state index >= 15 is 0 Å². The average molecular weight is 170 g/mol. The van der Waals surface area contributed by atoms with Crippen molar-refractivity contribution in [1.82, 2.24) is 9.97 Å². The topological polar surface area (TPSA) is 63.8 Å². The summed E-state index contributed by atoms with van der Waals surface area (Å²) in [7, 11) is 0. The first kappa shape index (κ1) is 8.29. The lowest BCUT2D eigenvalue weighted by Gasteiger charge is -1.98. The first-order valence-electron chi connectivity index (χ1n) is 3.13. The maximum atomic E-state index is 5.12. The minimum absolute atomic E-state index is 0.592. The zero-order valence-electron chi connectivity index (χ0n) is 6.24. The molecule has 5 heteroatoms. The Kier molecular flexibility index (Phi) is 3.13. The lowest BCUT2D eigenvalue weighted by molar-refractivity contribution is 1.09. The smallest absolute Gasteiger partial charge is 0.158 e. The fourth-order valence-electron chi connectivity index (χ4n) is 0.652. The van der Waals surface area contributed by atoms with Gasteiger partial charge in [-0.05, 0) is 6.26 Å². The van der Waals surface area contributed by atoms with Crippen LogP contribution in [-0.2, 0) is 5.75 Å². The van der Waals surface area contributed by atoms with Gasteiger partial charge in [-0.25, -0.2) is 10.8 Å². The number of nitrogens with two attached hydrogens (primary N) is 1. The molecule has 0 radical (unpaired) electrons. The first-order valence-corrected chi connectivity index (χ1v) is 4.52. The van der Waals surface area contributed by atoms with Crippen molar-refractivity contribution >= 4 is 17.6 Å². The zero-order valence-corrected chi connectivity index (χ0v) is 7.06. The second-order valence-electron chi connectivity index (χ2n) is 1.97. The molecule has 0 unspecified atom stereocenters. The van der Waals surface area contributed by atoms with Gasteiger partial charge < -0.3 is 5.43 Å². The summed E-state index contributed by atoms with van der Waals surface area (Å²) in [5, 5.41) is 0. The molecule has 0 atom stereocenters. The normalized spacial score (nSPS) is 9.64. The van der Waals surface area contributed by atoms with Crippen molar-refractivity contribution in [3.05, 3.63) is 18.1 Å². The Labute approximate surface area is 69.6 Å². The SMILES string of the molecule is CSCc1cnc(NN)cn1. The summed E-state index contributed by atoms with van der Waals surface area (Å²) in [4.78, 5) is 8.12. The van der Waals surface area contributed by atoms with Crippen molar-refractivity contribution in [3.63, 3.8) is 0 Å². The minimum Gasteiger partial charge on any atom is -0.307 e. The molecule has 0 aliphatic heterocycles. The molecule has 0 aromatic carbocycles. The van der Waals surface area contributed by atoms with Gasteiger partial charge in [0.25, 0.3) is 0 Å². The highest BCUT2D eigenvalue weighted by Gasteiger charge is 1.93. The van der Waals surface area contributed by atoms with Gasteiger partial charge in [0.15, 0.2) is 5.82 Å². The van der Waals surface area contributed by atoms with Crippen LogP contribution in [0.15, 0.2) is 12.4 Å². The summed E-state index contributed by atoms with van der Waals surface area (Å²) >= 11 is 1.71. The Bertz CT molecular complexity index is 210. The summed E-state index contributed by atoms with van der Waals surface area (Å²) in [6.07, 6.45) is 5.36. The number of thioether (sulfide) groups is 1. The standard InChI is InChI=1S/C6H10N4S/c1-11-4-5-2-9-6(10-7)3-8-5/h2-3H,4,7H2,1H3,(H,9,10). The summed E-state index contributed by atoms with van der Waals surface area (Å²) in [6, 6.07) is 0. The van der Waals surface area contributed by atoms with Crippen LogP contribution >= 0.6 is 11.8 Å². The summed E-state index contributed by atoms with van der Waals surface area (Å²) in [5.41, 5.74) is 3.38. The summed E-state index contributed by atoms with van der Waals surface area (Å²) in [5.74, 6) is 6.60. The average Bonchev–Trinajstić information content (AvgIpc) is 2.07. The van der Waals surface area contributed by atoms with Crippen LogP contribution in [-0.4, -0.2) is 16.2 Å². The van der Waals surface area contributed by atoms with E-state index in [4.69, 9.17) is 5.84 Å². The zero-order chi connectivity index (χ0) is 8.10. The third kappa shape index (κ3) is 2.36. The summed E-state index contributed by atoms with van der Waals surface area (Å²) < 4.78 is 0. The molecule has 0 fully saturated rings. The molecular formula is C6H10N4S. The predicted octanol–water partition coefficient (Wildman–Crippen LogP) is 0.625. The van der Waals surface area contributed by atoms with Crippen molar-refractivity contribution < 1.29 is 0 Å². The fraction of sp³-hybridized carbons (Fsp3) is 0.333. The molecule has 1 aromatic heterocycles. The maximum Gasteiger partial charge on any atom is 0.158 e. The quantitative estimate of drug-likeness (QED) is 0.514. The number of aromatic nitrogens is 2. The van der Waals surface area contributed by atoms with Gasteiger partial charge in [0, 0.05) is 5.75 Å². The first-order chi connectivity index (χ1) is 5.36. The van der Waals surface area contributed by atoms with Crippen LogP contribution in [0.25, 0.3) is 0 Å². The molecule has 0 saturated heterocycles. The Balaban J connectivity index is 2.66. The molecular weight excluding hydrogens is 160 g/mol. The lowest BCUT2D eigenvalue weighted by Crippen LogP contribution is -2.08. The number of nitrogen functional groups attached to an aromatic ring is 1. The van der Waals surface area contributed by atoms with E-state index in [-0.39, 0.29) is 0 Å². The molecule has 4 nitrogen and oxygen atoms in total. The van der Waals surface area contributed by atoms with Crippen molar-refractivity contribution in [2.45, 2.75) is 5.75 Å². The predicted molar refractivity (Wildman–Crippen MR) is 47.1 cm³/mol. The van der Waals surface area contributed by atoms with Gasteiger partial charge in [-0.2, -0.15) is 11.8 Å². The third-order valence-corrected chi connectivity index (χ3v) is 1.73. The molecule has 60 valence electrons. The molecule has 0 amide bonds. The highest BCUT2D eigenvalue weighted by Crippen LogP contribution is 2.05. The molecule has 0 aliphatic rings. The number of hydrogen-bond donors (Lipinski definition) is 2. The Hall–Kier alpha value is -0.810. The van der Waals surface area contributed by atoms with Gasteiger partial charge in [-0.3, -0.25) is 4.98 Å². The molecule has 3 N–H and O–H groups in total. The van der Waals surface area contributed by atoms with Gasteiger partial charge >= 0.3 is 0 Å². The Morgan fingerprint density at radius 3 is 2.82 bits per heavy atom. The van der Waals surface area contributed by atoms with Crippen molar-refractivity contribution in [3.8, 4) is 0 Å². The maximum absolute atomic E-state index is 5.12. The van der Waals surface area contributed by atoms with Crippen LogP contribution < -0.4 is 11.3 Å². The van der Waals surface area contributed by atoms with Crippen molar-refractivity contribution in [2.75, 3.05) is 11.7 Å². The molecule has 1 aromatic rings. The van der Waals surface area contributed by atoms with Gasteiger partial charge in [-0.15, -0.1) is 0 Å². The Morgan fingerprint density at radius 1 is 1.55 bits per heavy atom. The minimum atomic E-state index is 0.592. The van der Waals surface area contributed by atoms with Gasteiger partial charge in [0.1, 0.15) is 0 Å². The molecule has 0 saturated carbocycles. The van der Waals surface area contributed by atoms with Gasteiger partial charge in [0.05, 0.1) is 18.1 Å². The van der Waals surface area contributed by atoms with Crippen molar-refractivity contribution in [2.24, 2.45) is 5.84 Å². The van der Waals surface area contributed by atoms with Crippen LogP contribution in [0.2, 0.25) is 0 Å². The van der Waals surface area contributed by atoms with E-state index in [1.165, 1.54) is 0 Å². The largest absolute Gasteiger partial charge is 0.307 e. The number of anilines is 1. The molecule has 1 heterocycles. The number of nitrogens with zero attached hydrogens (tertiary/aromatic N) is 2. The second kappa shape index (κ2) is 4.15. The highest BCUT2D eigenvalue weighted by molar-refractivity contribution is 7.97. The molecule has 0 spiro atoms. The van der Waals surface area contributed by atoms with Crippen LogP contribution in [0, 0.1) is 0 Å². The Morgan fingerprint density at radius 2 is 2.36 bits per heavy atom. The van der Waals surface area contributed by atoms with Crippen LogP contribution in [0.3, 0.4) is 0 Å². The van der Waals surface area contributed by atoms with Crippen LogP contribution in [0.1, 0.15) is 5.69 Å². The fourth-order valence-corrected chi connectivity index (χ4v) is 1.10. The van der Waals surface area contributed by atoms with Gasteiger partial charge in [-0.1, -0.05) is 0 Å². The highest BCUT2D eigenvalue weighted by atomic mass is 32.2. The number of hydrogen-bond acceptors (Lipinski definition) is 5. The van der Waals surface area contributed by atoms with E-state index in [0.29, 0.717) is 5.82 Å². The van der Waals surface area contributed by atoms with E-state index < -0.39 is 0 Å². The van der Waals surface area contributed by atoms with E-state index in [1.807, 2.05) is 6.26 Å².